The van der Waals surface area contributed by atoms with Crippen LogP contribution >= 0.6 is 0 Å². The van der Waals surface area contributed by atoms with Crippen LogP contribution in [0, 0.1) is 0 Å². The first kappa shape index (κ1) is 13.2. The molecule has 1 aliphatic carbocycles. The Balaban J connectivity index is 2.89. The Morgan fingerprint density at radius 3 is 2.33 bits per heavy atom. The number of fused-ring (bicyclic) bond motifs is 1. The summed E-state index contributed by atoms with van der Waals surface area (Å²) in [7, 11) is 1.57. The van der Waals surface area contributed by atoms with Crippen molar-refractivity contribution >= 4 is 0 Å². The lowest BCUT2D eigenvalue weighted by molar-refractivity contribution is -0.139. The van der Waals surface area contributed by atoms with Gasteiger partial charge in [-0.1, -0.05) is 13.8 Å². The van der Waals surface area contributed by atoms with Gasteiger partial charge in [0.2, 0.25) is 0 Å². The molecule has 0 spiro atoms. The van der Waals surface area contributed by atoms with E-state index in [0.717, 1.165) is 0 Å². The molecule has 0 N–H and O–H groups in total. The monoisotopic (exact) mass is 259 g/mol. The van der Waals surface area contributed by atoms with Crippen LogP contribution in [-0.4, -0.2) is 4.57 Å². The summed E-state index contributed by atoms with van der Waals surface area (Å²) < 4.78 is 41.1. The molecular weight excluding hydrogens is 243 g/mol. The average Bonchev–Trinajstić information content (AvgIpc) is 2.69. The van der Waals surface area contributed by atoms with Crippen LogP contribution in [0.5, 0.6) is 0 Å². The number of aromatic nitrogens is 1. The highest BCUT2D eigenvalue weighted by atomic mass is 19.4. The largest absolute Gasteiger partial charge is 0.417 e. The summed E-state index contributed by atoms with van der Waals surface area (Å²) >= 11 is 0. The molecule has 1 heterocycles. The van der Waals surface area contributed by atoms with Gasteiger partial charge in [-0.15, -0.1) is 0 Å². The van der Waals surface area contributed by atoms with Crippen LogP contribution in [0.2, 0.25) is 0 Å². The second-order valence-corrected chi connectivity index (χ2v) is 5.08. The van der Waals surface area contributed by atoms with Crippen LogP contribution < -0.4 is 5.56 Å². The summed E-state index contributed by atoms with van der Waals surface area (Å²) in [5, 5.41) is 0. The predicted octanol–water partition coefficient (Wildman–Crippen LogP) is 3.02. The van der Waals surface area contributed by atoms with Gasteiger partial charge in [-0.25, -0.2) is 0 Å². The maximum Gasteiger partial charge on any atom is 0.417 e. The second-order valence-electron chi connectivity index (χ2n) is 5.08. The van der Waals surface area contributed by atoms with E-state index in [1.807, 2.05) is 0 Å². The normalized spacial score (nSPS) is 15.3. The molecule has 1 aromatic heterocycles. The van der Waals surface area contributed by atoms with Crippen molar-refractivity contribution in [3.63, 3.8) is 0 Å². The first-order valence-corrected chi connectivity index (χ1v) is 6.07. The summed E-state index contributed by atoms with van der Waals surface area (Å²) in [6.07, 6.45) is -2.78. The van der Waals surface area contributed by atoms with Crippen molar-refractivity contribution in [2.75, 3.05) is 0 Å². The Labute approximate surface area is 103 Å². The lowest BCUT2D eigenvalue weighted by Crippen LogP contribution is -2.30. The Morgan fingerprint density at radius 1 is 1.22 bits per heavy atom. The molecular formula is C13H16F3NO. The van der Waals surface area contributed by atoms with Crippen molar-refractivity contribution in [2.24, 2.45) is 7.05 Å². The maximum absolute atomic E-state index is 13.2. The Bertz CT molecular complexity index is 541. The zero-order valence-corrected chi connectivity index (χ0v) is 10.7. The third-order valence-electron chi connectivity index (χ3n) is 3.56. The summed E-state index contributed by atoms with van der Waals surface area (Å²) in [6.45, 7) is 3.26. The first-order chi connectivity index (χ1) is 8.25. The van der Waals surface area contributed by atoms with E-state index in [1.165, 1.54) is 4.57 Å². The van der Waals surface area contributed by atoms with E-state index in [1.54, 1.807) is 20.9 Å². The fraction of sp³-hybridized carbons (Fsp3) is 0.615. The molecule has 0 fully saturated rings. The van der Waals surface area contributed by atoms with Gasteiger partial charge in [-0.05, 0) is 30.7 Å². The molecule has 0 saturated carbocycles. The third-order valence-corrected chi connectivity index (χ3v) is 3.56. The molecule has 0 unspecified atom stereocenters. The van der Waals surface area contributed by atoms with Crippen LogP contribution in [-0.2, 0) is 26.1 Å². The van der Waals surface area contributed by atoms with Gasteiger partial charge < -0.3 is 4.57 Å². The van der Waals surface area contributed by atoms with Gasteiger partial charge in [0.1, 0.15) is 0 Å². The molecule has 1 aliphatic rings. The number of hydrogen-bond acceptors (Lipinski definition) is 1. The van der Waals surface area contributed by atoms with E-state index in [0.29, 0.717) is 30.5 Å². The molecule has 0 amide bonds. The molecule has 2 rings (SSSR count). The number of alkyl halides is 3. The number of pyridine rings is 1. The predicted molar refractivity (Wildman–Crippen MR) is 62.8 cm³/mol. The SMILES string of the molecule is CC(C)c1c(C(F)(F)F)c2c(n(C)c1=O)CCC2. The minimum Gasteiger partial charge on any atom is -0.315 e. The van der Waals surface area contributed by atoms with E-state index in [4.69, 9.17) is 0 Å². The Hall–Kier alpha value is -1.26. The number of halogens is 3. The smallest absolute Gasteiger partial charge is 0.315 e. The van der Waals surface area contributed by atoms with Crippen LogP contribution in [0.1, 0.15) is 48.6 Å². The van der Waals surface area contributed by atoms with Gasteiger partial charge in [0.05, 0.1) is 5.56 Å². The third kappa shape index (κ3) is 1.85. The van der Waals surface area contributed by atoms with Crippen molar-refractivity contribution in [1.29, 1.82) is 0 Å². The fourth-order valence-electron chi connectivity index (χ4n) is 2.80. The van der Waals surface area contributed by atoms with Crippen molar-refractivity contribution in [3.05, 3.63) is 32.7 Å². The zero-order chi connectivity index (χ0) is 13.7. The van der Waals surface area contributed by atoms with E-state index < -0.39 is 23.2 Å². The summed E-state index contributed by atoms with van der Waals surface area (Å²) in [6, 6.07) is 0. The molecule has 18 heavy (non-hydrogen) atoms. The van der Waals surface area contributed by atoms with E-state index in [-0.39, 0.29) is 5.56 Å². The molecule has 5 heteroatoms. The van der Waals surface area contributed by atoms with Crippen molar-refractivity contribution in [1.82, 2.24) is 4.57 Å². The molecule has 0 atom stereocenters. The second kappa shape index (κ2) is 4.14. The Kier molecular flexibility index (Phi) is 3.03. The van der Waals surface area contributed by atoms with Gasteiger partial charge in [0.25, 0.3) is 5.56 Å². The molecule has 1 aromatic rings. The highest BCUT2D eigenvalue weighted by molar-refractivity contribution is 5.43. The number of hydrogen-bond donors (Lipinski definition) is 0. The van der Waals surface area contributed by atoms with Crippen LogP contribution in [0.25, 0.3) is 0 Å². The van der Waals surface area contributed by atoms with Crippen LogP contribution in [0.15, 0.2) is 4.79 Å². The number of rotatable bonds is 1. The maximum atomic E-state index is 13.2. The molecule has 0 saturated heterocycles. The summed E-state index contributed by atoms with van der Waals surface area (Å²) in [4.78, 5) is 12.1. The molecule has 0 bridgehead atoms. The first-order valence-electron chi connectivity index (χ1n) is 6.07. The summed E-state index contributed by atoms with van der Waals surface area (Å²) in [5.74, 6) is -0.425. The molecule has 0 radical (unpaired) electrons. The van der Waals surface area contributed by atoms with Gasteiger partial charge in [-0.2, -0.15) is 13.2 Å². The van der Waals surface area contributed by atoms with E-state index >= 15 is 0 Å². The molecule has 2 nitrogen and oxygen atoms in total. The van der Waals surface area contributed by atoms with E-state index in [2.05, 4.69) is 0 Å². The average molecular weight is 259 g/mol. The van der Waals surface area contributed by atoms with Crippen molar-refractivity contribution in [3.8, 4) is 0 Å². The topological polar surface area (TPSA) is 22.0 Å². The van der Waals surface area contributed by atoms with Gasteiger partial charge in [-0.3, -0.25) is 4.79 Å². The quantitative estimate of drug-likeness (QED) is 0.760. The molecule has 0 aromatic carbocycles. The lowest BCUT2D eigenvalue weighted by Gasteiger charge is -2.21. The highest BCUT2D eigenvalue weighted by Gasteiger charge is 2.40. The Morgan fingerprint density at radius 2 is 1.83 bits per heavy atom. The molecule has 100 valence electrons. The summed E-state index contributed by atoms with van der Waals surface area (Å²) in [5.41, 5.74) is -0.387. The van der Waals surface area contributed by atoms with Gasteiger partial charge in [0.15, 0.2) is 0 Å². The van der Waals surface area contributed by atoms with Gasteiger partial charge in [0, 0.05) is 18.3 Å². The van der Waals surface area contributed by atoms with Crippen LogP contribution in [0.4, 0.5) is 13.2 Å². The van der Waals surface area contributed by atoms with Gasteiger partial charge >= 0.3 is 6.18 Å². The lowest BCUT2D eigenvalue weighted by atomic mass is 9.93. The van der Waals surface area contributed by atoms with Crippen molar-refractivity contribution in [2.45, 2.75) is 45.2 Å². The number of nitrogens with zero attached hydrogens (tertiary/aromatic N) is 1. The minimum atomic E-state index is -4.44. The highest BCUT2D eigenvalue weighted by Crippen LogP contribution is 2.39. The minimum absolute atomic E-state index is 0.0920. The zero-order valence-electron chi connectivity index (χ0n) is 10.7. The fourth-order valence-corrected chi connectivity index (χ4v) is 2.80. The van der Waals surface area contributed by atoms with E-state index in [9.17, 15) is 18.0 Å². The van der Waals surface area contributed by atoms with Crippen molar-refractivity contribution < 1.29 is 13.2 Å². The standard InChI is InChI=1S/C13H16F3NO/c1-7(2)10-11(13(14,15)16)8-5-4-6-9(8)17(3)12(10)18/h7H,4-6H2,1-3H3. The molecule has 0 aliphatic heterocycles. The van der Waals surface area contributed by atoms with Crippen LogP contribution in [0.3, 0.4) is 0 Å².